The Balaban J connectivity index is 1.93. The van der Waals surface area contributed by atoms with Gasteiger partial charge < -0.3 is 5.32 Å². The van der Waals surface area contributed by atoms with E-state index in [1.807, 2.05) is 0 Å². The number of anilines is 1. The second-order valence-electron chi connectivity index (χ2n) is 4.08. The molecule has 18 heavy (non-hydrogen) atoms. The van der Waals surface area contributed by atoms with Crippen molar-refractivity contribution in [3.63, 3.8) is 0 Å². The van der Waals surface area contributed by atoms with Crippen LogP contribution >= 0.6 is 23.3 Å². The average molecular weight is 279 g/mol. The molecule has 1 aromatic carbocycles. The van der Waals surface area contributed by atoms with Crippen LogP contribution in [0.4, 0.5) is 5.00 Å². The Kier molecular flexibility index (Phi) is 5.01. The molecular formula is C13H17N3S2. The van der Waals surface area contributed by atoms with Crippen LogP contribution in [0.3, 0.4) is 0 Å². The molecule has 0 saturated carbocycles. The predicted molar refractivity (Wildman–Crippen MR) is 79.4 cm³/mol. The Hall–Kier alpha value is -1.07. The first-order valence-corrected chi connectivity index (χ1v) is 7.80. The third-order valence-electron chi connectivity index (χ3n) is 2.49. The van der Waals surface area contributed by atoms with Crippen LogP contribution in [0.25, 0.3) is 0 Å². The van der Waals surface area contributed by atoms with E-state index >= 15 is 0 Å². The Bertz CT molecular complexity index is 479. The molecule has 0 unspecified atom stereocenters. The maximum atomic E-state index is 4.19. The lowest BCUT2D eigenvalue weighted by atomic mass is 10.2. The maximum Gasteiger partial charge on any atom is 0.134 e. The van der Waals surface area contributed by atoms with E-state index < -0.39 is 0 Å². The Morgan fingerprint density at radius 3 is 2.78 bits per heavy atom. The minimum absolute atomic E-state index is 0.867. The van der Waals surface area contributed by atoms with E-state index in [9.17, 15) is 0 Å². The summed E-state index contributed by atoms with van der Waals surface area (Å²) in [4.78, 5) is 1.27. The largest absolute Gasteiger partial charge is 0.374 e. The minimum Gasteiger partial charge on any atom is -0.374 e. The third kappa shape index (κ3) is 3.71. The monoisotopic (exact) mass is 279 g/mol. The number of aryl methyl sites for hydroxylation is 1. The van der Waals surface area contributed by atoms with Gasteiger partial charge in [-0.1, -0.05) is 29.1 Å². The van der Waals surface area contributed by atoms with Crippen molar-refractivity contribution < 1.29 is 0 Å². The van der Waals surface area contributed by atoms with Crippen molar-refractivity contribution in [3.8, 4) is 0 Å². The summed E-state index contributed by atoms with van der Waals surface area (Å²) in [5.74, 6) is 0.867. The van der Waals surface area contributed by atoms with Gasteiger partial charge in [0, 0.05) is 28.7 Å². The molecule has 1 N–H and O–H groups in total. The number of rotatable bonds is 6. The van der Waals surface area contributed by atoms with Gasteiger partial charge in [0.15, 0.2) is 0 Å². The molecule has 1 heterocycles. The van der Waals surface area contributed by atoms with Gasteiger partial charge in [0.2, 0.25) is 0 Å². The molecule has 0 aliphatic heterocycles. The van der Waals surface area contributed by atoms with E-state index in [0.717, 1.165) is 29.4 Å². The normalized spacial score (nSPS) is 10.6. The number of hydrogen-bond acceptors (Lipinski definition) is 5. The van der Waals surface area contributed by atoms with E-state index in [-0.39, 0.29) is 0 Å². The van der Waals surface area contributed by atoms with Crippen LogP contribution in [0.2, 0.25) is 0 Å². The molecule has 0 aliphatic carbocycles. The number of nitrogens with zero attached hydrogens (tertiary/aromatic N) is 2. The molecule has 0 bridgehead atoms. The SMILES string of the molecule is CCCNc1snnc1CSc1ccc(C)cc1. The smallest absolute Gasteiger partial charge is 0.134 e. The standard InChI is InChI=1S/C13H17N3S2/c1-3-8-14-13-12(15-16-18-13)9-17-11-6-4-10(2)5-7-11/h4-7,14H,3,8-9H2,1-2H3. The van der Waals surface area contributed by atoms with Crippen molar-refractivity contribution >= 4 is 28.3 Å². The summed E-state index contributed by atoms with van der Waals surface area (Å²) in [6.07, 6.45) is 1.11. The van der Waals surface area contributed by atoms with E-state index in [1.165, 1.54) is 22.0 Å². The van der Waals surface area contributed by atoms with Crippen LogP contribution < -0.4 is 5.32 Å². The molecule has 0 aliphatic rings. The lowest BCUT2D eigenvalue weighted by Crippen LogP contribution is -2.00. The Morgan fingerprint density at radius 2 is 2.06 bits per heavy atom. The molecular weight excluding hydrogens is 262 g/mol. The molecule has 0 amide bonds. The highest BCUT2D eigenvalue weighted by Crippen LogP contribution is 2.27. The number of hydrogen-bond donors (Lipinski definition) is 1. The zero-order valence-corrected chi connectivity index (χ0v) is 12.3. The summed E-state index contributed by atoms with van der Waals surface area (Å²) < 4.78 is 4.02. The Morgan fingerprint density at radius 1 is 1.28 bits per heavy atom. The van der Waals surface area contributed by atoms with Gasteiger partial charge in [-0.25, -0.2) is 0 Å². The lowest BCUT2D eigenvalue weighted by Gasteiger charge is -2.04. The minimum atomic E-state index is 0.867. The van der Waals surface area contributed by atoms with Gasteiger partial charge in [-0.05, 0) is 25.5 Å². The fourth-order valence-electron chi connectivity index (χ4n) is 1.46. The second kappa shape index (κ2) is 6.75. The van der Waals surface area contributed by atoms with Crippen LogP contribution in [0.15, 0.2) is 29.2 Å². The highest BCUT2D eigenvalue weighted by molar-refractivity contribution is 7.98. The molecule has 1 aromatic heterocycles. The molecule has 3 nitrogen and oxygen atoms in total. The topological polar surface area (TPSA) is 37.8 Å². The highest BCUT2D eigenvalue weighted by atomic mass is 32.2. The molecule has 0 spiro atoms. The second-order valence-corrected chi connectivity index (χ2v) is 5.88. The predicted octanol–water partition coefficient (Wildman–Crippen LogP) is 3.96. The highest BCUT2D eigenvalue weighted by Gasteiger charge is 2.07. The average Bonchev–Trinajstić information content (AvgIpc) is 2.83. The van der Waals surface area contributed by atoms with Gasteiger partial charge in [-0.2, -0.15) is 0 Å². The molecule has 0 fully saturated rings. The molecule has 0 atom stereocenters. The van der Waals surface area contributed by atoms with Gasteiger partial charge >= 0.3 is 0 Å². The van der Waals surface area contributed by atoms with Crippen molar-refractivity contribution in [2.45, 2.75) is 30.9 Å². The zero-order valence-electron chi connectivity index (χ0n) is 10.6. The van der Waals surface area contributed by atoms with Crippen LogP contribution in [0.5, 0.6) is 0 Å². The summed E-state index contributed by atoms with van der Waals surface area (Å²) in [5, 5.41) is 8.66. The first-order chi connectivity index (χ1) is 8.79. The molecule has 2 rings (SSSR count). The number of benzene rings is 1. The quantitative estimate of drug-likeness (QED) is 0.812. The van der Waals surface area contributed by atoms with Crippen molar-refractivity contribution in [3.05, 3.63) is 35.5 Å². The zero-order chi connectivity index (χ0) is 12.8. The number of thioether (sulfide) groups is 1. The molecule has 96 valence electrons. The molecule has 0 radical (unpaired) electrons. The summed E-state index contributed by atoms with van der Waals surface area (Å²) >= 11 is 3.24. The number of nitrogens with one attached hydrogen (secondary N) is 1. The number of aromatic nitrogens is 2. The van der Waals surface area contributed by atoms with Crippen molar-refractivity contribution in [1.29, 1.82) is 0 Å². The van der Waals surface area contributed by atoms with Gasteiger partial charge in [0.25, 0.3) is 0 Å². The van der Waals surface area contributed by atoms with Gasteiger partial charge in [-0.3, -0.25) is 0 Å². The fourth-order valence-corrected chi connectivity index (χ4v) is 2.99. The molecule has 5 heteroatoms. The van der Waals surface area contributed by atoms with Gasteiger partial charge in [0.05, 0.1) is 0 Å². The fraction of sp³-hybridized carbons (Fsp3) is 0.385. The first kappa shape index (κ1) is 13.4. The third-order valence-corrected chi connectivity index (χ3v) is 4.24. The maximum absolute atomic E-state index is 4.19. The van der Waals surface area contributed by atoms with Crippen LogP contribution in [-0.2, 0) is 5.75 Å². The van der Waals surface area contributed by atoms with Crippen LogP contribution in [-0.4, -0.2) is 16.1 Å². The van der Waals surface area contributed by atoms with Crippen molar-refractivity contribution in [2.24, 2.45) is 0 Å². The molecule has 0 saturated heterocycles. The van der Waals surface area contributed by atoms with Crippen molar-refractivity contribution in [2.75, 3.05) is 11.9 Å². The van der Waals surface area contributed by atoms with E-state index in [2.05, 4.69) is 53.0 Å². The summed E-state index contributed by atoms with van der Waals surface area (Å²) in [6, 6.07) is 8.58. The van der Waals surface area contributed by atoms with Crippen LogP contribution in [0, 0.1) is 6.92 Å². The van der Waals surface area contributed by atoms with Crippen molar-refractivity contribution in [1.82, 2.24) is 9.59 Å². The van der Waals surface area contributed by atoms with Gasteiger partial charge in [-0.15, -0.1) is 16.9 Å². The van der Waals surface area contributed by atoms with Crippen LogP contribution in [0.1, 0.15) is 24.6 Å². The van der Waals surface area contributed by atoms with Gasteiger partial charge in [0.1, 0.15) is 10.7 Å². The summed E-state index contributed by atoms with van der Waals surface area (Å²) in [6.45, 7) is 5.24. The van der Waals surface area contributed by atoms with E-state index in [4.69, 9.17) is 0 Å². The van der Waals surface area contributed by atoms with E-state index in [0.29, 0.717) is 0 Å². The Labute approximate surface area is 116 Å². The lowest BCUT2D eigenvalue weighted by molar-refractivity contribution is 0.976. The molecule has 2 aromatic rings. The summed E-state index contributed by atoms with van der Waals surface area (Å²) in [5.41, 5.74) is 2.35. The first-order valence-electron chi connectivity index (χ1n) is 6.04. The van der Waals surface area contributed by atoms with E-state index in [1.54, 1.807) is 11.8 Å². The summed E-state index contributed by atoms with van der Waals surface area (Å²) in [7, 11) is 0.